The maximum atomic E-state index is 15.6. The Hall–Kier alpha value is -5.21. The normalized spacial score (nSPS) is 15.1. The number of hydrogen-bond donors (Lipinski definition) is 5. The molecular weight excluding hydrogens is 970 g/mol. The zero-order chi connectivity index (χ0) is 51.1. The number of H-pyrrole nitrogens is 1. The number of ether oxygens (including phenoxy) is 2. The second-order valence-electron chi connectivity index (χ2n) is 16.3. The first-order valence-electron chi connectivity index (χ1n) is 21.8. The lowest BCUT2D eigenvalue weighted by Crippen LogP contribution is -2.58. The van der Waals surface area contributed by atoms with E-state index in [0.29, 0.717) is 94.2 Å². The number of likely N-dealkylation sites (tertiary alicyclic amines) is 1. The van der Waals surface area contributed by atoms with Gasteiger partial charge in [0.25, 0.3) is 5.91 Å². The summed E-state index contributed by atoms with van der Waals surface area (Å²) in [7, 11) is 0. The number of aromatic nitrogens is 2. The van der Waals surface area contributed by atoms with E-state index in [4.69, 9.17) is 29.3 Å². The molecule has 0 unspecified atom stereocenters. The summed E-state index contributed by atoms with van der Waals surface area (Å²) < 4.78 is 91.9. The second-order valence-corrected chi connectivity index (χ2v) is 18.2. The molecule has 0 atom stereocenters. The molecule has 2 aromatic carbocycles. The Labute approximate surface area is 400 Å². The lowest BCUT2D eigenvalue weighted by molar-refractivity contribution is -0.193. The fraction of sp³-hybridized carbons (Fsp3) is 0.545. The van der Waals surface area contributed by atoms with E-state index in [-0.39, 0.29) is 52.8 Å². The average Bonchev–Trinajstić information content (AvgIpc) is 3.95. The molecule has 2 amide bonds. The van der Waals surface area contributed by atoms with Gasteiger partial charge in [-0.15, -0.1) is 11.3 Å². The molecular formula is C44H55F7N6O10S2. The molecule has 16 nitrogen and oxygen atoms in total. The van der Waals surface area contributed by atoms with Crippen LogP contribution in [0.25, 0.3) is 10.2 Å². The number of hydrogen-bond acceptors (Lipinski definition) is 13. The van der Waals surface area contributed by atoms with Crippen LogP contribution in [0.15, 0.2) is 40.5 Å². The molecule has 2 aromatic heterocycles. The number of fused-ring (bicyclic) bond motifs is 1. The van der Waals surface area contributed by atoms with Gasteiger partial charge < -0.3 is 44.9 Å². The van der Waals surface area contributed by atoms with Crippen molar-refractivity contribution in [2.75, 3.05) is 72.2 Å². The minimum atomic E-state index is -5.08. The molecule has 6 rings (SSSR count). The number of aromatic hydroxyl groups is 1. The van der Waals surface area contributed by atoms with Gasteiger partial charge in [0, 0.05) is 62.7 Å². The highest BCUT2D eigenvalue weighted by molar-refractivity contribution is 7.16. The molecule has 2 fully saturated rings. The van der Waals surface area contributed by atoms with Crippen LogP contribution in [0.4, 0.5) is 30.7 Å². The highest BCUT2D eigenvalue weighted by atomic mass is 32.1. The van der Waals surface area contributed by atoms with E-state index in [9.17, 15) is 45.8 Å². The van der Waals surface area contributed by atoms with Gasteiger partial charge in [-0.05, 0) is 56.3 Å². The number of aromatic amines is 1. The fourth-order valence-corrected chi connectivity index (χ4v) is 9.04. The highest BCUT2D eigenvalue weighted by Crippen LogP contribution is 2.33. The topological polar surface area (TPSA) is 215 Å². The van der Waals surface area contributed by atoms with Crippen LogP contribution < -0.4 is 10.2 Å². The maximum Gasteiger partial charge on any atom is 0.490 e. The summed E-state index contributed by atoms with van der Waals surface area (Å²) in [6, 6.07) is 8.95. The number of morpholine rings is 1. The number of alkyl halides is 6. The first-order valence-corrected chi connectivity index (χ1v) is 23.5. The second kappa shape index (κ2) is 25.6. The number of phenolic OH excluding ortho intramolecular Hbond substituents is 1. The van der Waals surface area contributed by atoms with Crippen molar-refractivity contribution in [2.45, 2.75) is 83.3 Å². The van der Waals surface area contributed by atoms with Crippen molar-refractivity contribution in [3.63, 3.8) is 0 Å². The van der Waals surface area contributed by atoms with Gasteiger partial charge in [-0.1, -0.05) is 49.4 Å². The van der Waals surface area contributed by atoms with E-state index in [1.807, 2.05) is 35.4 Å². The number of carbonyl (C=O) groups excluding carboxylic acids is 2. The Morgan fingerprint density at radius 1 is 0.957 bits per heavy atom. The third-order valence-electron chi connectivity index (χ3n) is 11.1. The number of carboxylic acid groups (broad SMARTS) is 2. The summed E-state index contributed by atoms with van der Waals surface area (Å²) in [6.07, 6.45) is -7.26. The number of thiazole rings is 2. The van der Waals surface area contributed by atoms with Crippen molar-refractivity contribution in [2.24, 2.45) is 0 Å². The Morgan fingerprint density at radius 3 is 2.22 bits per heavy atom. The lowest BCUT2D eigenvalue weighted by Gasteiger charge is -2.47. The molecule has 0 saturated carbocycles. The van der Waals surface area contributed by atoms with E-state index in [0.717, 1.165) is 52.5 Å². The van der Waals surface area contributed by atoms with Crippen molar-refractivity contribution in [3.05, 3.63) is 78.6 Å². The number of carbonyl (C=O) groups is 4. The summed E-state index contributed by atoms with van der Waals surface area (Å²) in [5, 5.41) is 30.4. The molecule has 4 aromatic rings. The molecule has 0 bridgehead atoms. The third kappa shape index (κ3) is 17.0. The van der Waals surface area contributed by atoms with Gasteiger partial charge in [0.05, 0.1) is 48.1 Å². The zero-order valence-electron chi connectivity index (χ0n) is 38.0. The minimum Gasteiger partial charge on any atom is -0.506 e. The van der Waals surface area contributed by atoms with E-state index >= 15 is 4.39 Å². The largest absolute Gasteiger partial charge is 0.506 e. The van der Waals surface area contributed by atoms with Crippen LogP contribution in [0.2, 0.25) is 0 Å². The van der Waals surface area contributed by atoms with Crippen LogP contribution in [-0.2, 0) is 43.2 Å². The SMILES string of the molecule is CCN(CCNCCc1ccc(O)c2[nH]c(=O)sc12)C(=O)CCOCCc1cccc(CN2CCC3(CC2)CN(C(=O)c2csc(C(C)C)n2)CCO3)c1F.O=C(O)C(F)(F)F.O=C(O)C(F)(F)F. The lowest BCUT2D eigenvalue weighted by atomic mass is 9.89. The van der Waals surface area contributed by atoms with Crippen molar-refractivity contribution < 1.29 is 74.7 Å². The fourth-order valence-electron chi connectivity index (χ4n) is 7.33. The van der Waals surface area contributed by atoms with Crippen LogP contribution in [0.3, 0.4) is 0 Å². The van der Waals surface area contributed by atoms with Crippen molar-refractivity contribution >= 4 is 56.6 Å². The first-order chi connectivity index (χ1) is 32.4. The number of likely N-dealkylation sites (N-methyl/N-ethyl adjacent to an activating group) is 1. The standard InChI is InChI=1S/C40H53FN6O6S2.2C2HF3O2/c1-4-46(19-16-42-15-10-29-8-9-32(48)35-36(29)55-39(51)44-35)33(49)12-22-52-21-11-28-6-5-7-30(34(28)41)24-45-17-13-40(14-18-45)26-47(20-23-53-40)38(50)31-25-54-37(43-31)27(2)3;2*3-2(4,5)1(6)7/h5-9,25,27,42,48H,4,10-24,26H2,1-3H3,(H,44,51);2*(H,6,7). The zero-order valence-corrected chi connectivity index (χ0v) is 39.6. The van der Waals surface area contributed by atoms with Crippen LogP contribution in [0.1, 0.15) is 78.1 Å². The molecule has 5 N–H and O–H groups in total. The van der Waals surface area contributed by atoms with E-state index in [2.05, 4.69) is 34.0 Å². The Kier molecular flexibility index (Phi) is 20.9. The van der Waals surface area contributed by atoms with E-state index < -0.39 is 24.3 Å². The van der Waals surface area contributed by atoms with Crippen molar-refractivity contribution in [1.29, 1.82) is 0 Å². The van der Waals surface area contributed by atoms with Crippen LogP contribution >= 0.6 is 22.7 Å². The molecule has 0 aliphatic carbocycles. The van der Waals surface area contributed by atoms with Gasteiger partial charge in [0.15, 0.2) is 0 Å². The van der Waals surface area contributed by atoms with Gasteiger partial charge in [0.1, 0.15) is 22.8 Å². The van der Waals surface area contributed by atoms with E-state index in [1.165, 1.54) is 11.3 Å². The summed E-state index contributed by atoms with van der Waals surface area (Å²) in [4.78, 5) is 68.7. The predicted molar refractivity (Wildman–Crippen MR) is 241 cm³/mol. The Morgan fingerprint density at radius 2 is 1.61 bits per heavy atom. The summed E-state index contributed by atoms with van der Waals surface area (Å²) in [5.41, 5.74) is 2.84. The molecule has 4 heterocycles. The smallest absolute Gasteiger partial charge is 0.490 e. The maximum absolute atomic E-state index is 15.6. The number of halogens is 7. The van der Waals surface area contributed by atoms with Gasteiger partial charge in [0.2, 0.25) is 5.91 Å². The summed E-state index contributed by atoms with van der Waals surface area (Å²) >= 11 is 2.63. The number of nitrogens with zero attached hydrogens (tertiary/aromatic N) is 4. The first kappa shape index (κ1) is 56.4. The van der Waals surface area contributed by atoms with Crippen LogP contribution in [0.5, 0.6) is 5.75 Å². The van der Waals surface area contributed by atoms with E-state index in [1.54, 1.807) is 17.0 Å². The Bertz CT molecular complexity index is 2380. The number of amides is 2. The number of benzene rings is 2. The van der Waals surface area contributed by atoms with Crippen LogP contribution in [-0.4, -0.2) is 154 Å². The van der Waals surface area contributed by atoms with Gasteiger partial charge >= 0.3 is 29.2 Å². The molecule has 2 aliphatic heterocycles. The molecule has 0 radical (unpaired) electrons. The number of aliphatic carboxylic acids is 2. The summed E-state index contributed by atoms with van der Waals surface area (Å²) in [6.45, 7) is 12.8. The molecule has 2 saturated heterocycles. The summed E-state index contributed by atoms with van der Waals surface area (Å²) in [5.74, 6) is -5.39. The number of carboxylic acids is 2. The van der Waals surface area contributed by atoms with Crippen molar-refractivity contribution in [3.8, 4) is 5.75 Å². The molecule has 2 aliphatic rings. The van der Waals surface area contributed by atoms with Gasteiger partial charge in [-0.25, -0.2) is 19.0 Å². The quantitative estimate of drug-likeness (QED) is 0.0572. The number of phenols is 1. The molecule has 1 spiro atoms. The number of rotatable bonds is 17. The molecule has 382 valence electrons. The number of piperidine rings is 1. The Balaban J connectivity index is 0.000000645. The molecule has 69 heavy (non-hydrogen) atoms. The number of nitrogens with one attached hydrogen (secondary N) is 2. The predicted octanol–water partition coefficient (Wildman–Crippen LogP) is 6.42. The van der Waals surface area contributed by atoms with Crippen LogP contribution in [0, 0.1) is 5.82 Å². The average molecular weight is 1030 g/mol. The third-order valence-corrected chi connectivity index (χ3v) is 13.2. The van der Waals surface area contributed by atoms with Gasteiger partial charge in [-0.2, -0.15) is 26.3 Å². The highest BCUT2D eigenvalue weighted by Gasteiger charge is 2.42. The monoisotopic (exact) mass is 1020 g/mol. The minimum absolute atomic E-state index is 0.00997. The van der Waals surface area contributed by atoms with Gasteiger partial charge in [-0.3, -0.25) is 19.3 Å². The van der Waals surface area contributed by atoms with Crippen molar-refractivity contribution in [1.82, 2.24) is 30.0 Å². The molecule has 25 heteroatoms.